The van der Waals surface area contributed by atoms with Crippen molar-refractivity contribution in [3.05, 3.63) is 24.5 Å². The minimum atomic E-state index is -1.12. The molecule has 1 aromatic heterocycles. The minimum absolute atomic E-state index is 0.0729. The Labute approximate surface area is 117 Å². The minimum Gasteiger partial charge on any atom is -0.478 e. The van der Waals surface area contributed by atoms with Crippen LogP contribution < -0.4 is 4.74 Å². The largest absolute Gasteiger partial charge is 0.478 e. The molecule has 0 amide bonds. The van der Waals surface area contributed by atoms with E-state index in [1.165, 1.54) is 0 Å². The number of rotatable bonds is 3. The summed E-state index contributed by atoms with van der Waals surface area (Å²) in [5.41, 5.74) is -1.05. The van der Waals surface area contributed by atoms with E-state index in [4.69, 9.17) is 4.74 Å². The standard InChI is InChI=1S/C14H19NO3S/c1-13(2,3)11-8-14(9-19-11,12(16)17)18-10-4-6-15-7-5-10/h4-7,11H,8-9H2,1-3H3,(H,16,17). The molecule has 0 bridgehead atoms. The van der Waals surface area contributed by atoms with Gasteiger partial charge in [0.2, 0.25) is 5.60 Å². The molecule has 0 aliphatic carbocycles. The Bertz CT molecular complexity index is 458. The van der Waals surface area contributed by atoms with Crippen LogP contribution in [0.1, 0.15) is 27.2 Å². The van der Waals surface area contributed by atoms with Gasteiger partial charge >= 0.3 is 5.97 Å². The summed E-state index contributed by atoms with van der Waals surface area (Å²) in [7, 11) is 0. The third kappa shape index (κ3) is 3.03. The van der Waals surface area contributed by atoms with E-state index in [2.05, 4.69) is 25.8 Å². The van der Waals surface area contributed by atoms with E-state index < -0.39 is 11.6 Å². The van der Waals surface area contributed by atoms with Crippen LogP contribution in [0.15, 0.2) is 24.5 Å². The number of carboxylic acid groups (broad SMARTS) is 1. The van der Waals surface area contributed by atoms with Crippen LogP contribution in [0.25, 0.3) is 0 Å². The average Bonchev–Trinajstić information content (AvgIpc) is 2.76. The lowest BCUT2D eigenvalue weighted by molar-refractivity contribution is -0.153. The number of carbonyl (C=O) groups is 1. The Morgan fingerprint density at radius 2 is 2.11 bits per heavy atom. The number of thioether (sulfide) groups is 1. The molecule has 1 N–H and O–H groups in total. The van der Waals surface area contributed by atoms with Crippen molar-refractivity contribution in [2.75, 3.05) is 5.75 Å². The van der Waals surface area contributed by atoms with Crippen molar-refractivity contribution in [3.8, 4) is 5.75 Å². The molecular weight excluding hydrogens is 262 g/mol. The highest BCUT2D eigenvalue weighted by molar-refractivity contribution is 8.00. The van der Waals surface area contributed by atoms with Gasteiger partial charge in [0, 0.05) is 29.8 Å². The Morgan fingerprint density at radius 3 is 2.58 bits per heavy atom. The van der Waals surface area contributed by atoms with E-state index in [-0.39, 0.29) is 10.7 Å². The number of pyridine rings is 1. The Kier molecular flexibility index (Phi) is 3.76. The number of hydrogen-bond donors (Lipinski definition) is 1. The van der Waals surface area contributed by atoms with Gasteiger partial charge in [-0.25, -0.2) is 4.79 Å². The molecule has 0 saturated carbocycles. The first kappa shape index (κ1) is 14.2. The molecule has 0 radical (unpaired) electrons. The topological polar surface area (TPSA) is 59.4 Å². The summed E-state index contributed by atoms with van der Waals surface area (Å²) in [5, 5.41) is 9.84. The van der Waals surface area contributed by atoms with Crippen molar-refractivity contribution in [2.24, 2.45) is 5.41 Å². The molecule has 1 saturated heterocycles. The summed E-state index contributed by atoms with van der Waals surface area (Å²) in [6.07, 6.45) is 3.74. The van der Waals surface area contributed by atoms with E-state index in [1.54, 1.807) is 36.3 Å². The lowest BCUT2D eigenvalue weighted by Crippen LogP contribution is -2.45. The Hall–Kier alpha value is -1.23. The quantitative estimate of drug-likeness (QED) is 0.923. The number of carboxylic acids is 1. The van der Waals surface area contributed by atoms with Crippen molar-refractivity contribution in [3.63, 3.8) is 0 Å². The first-order chi connectivity index (χ1) is 8.83. The molecule has 104 valence electrons. The fourth-order valence-corrected chi connectivity index (χ4v) is 3.76. The predicted octanol–water partition coefficient (Wildman–Crippen LogP) is 2.84. The zero-order chi connectivity index (χ0) is 14.1. The molecule has 2 atom stereocenters. The summed E-state index contributed by atoms with van der Waals surface area (Å²) in [5.74, 6) is 0.156. The van der Waals surface area contributed by atoms with Gasteiger partial charge in [0.25, 0.3) is 0 Å². The summed E-state index contributed by atoms with van der Waals surface area (Å²) in [6.45, 7) is 6.40. The molecule has 2 rings (SSSR count). The van der Waals surface area contributed by atoms with E-state index in [0.717, 1.165) is 0 Å². The molecule has 0 aromatic carbocycles. The van der Waals surface area contributed by atoms with Crippen LogP contribution in [-0.4, -0.2) is 32.7 Å². The van der Waals surface area contributed by atoms with Gasteiger partial charge in [0.05, 0.1) is 0 Å². The second-order valence-electron chi connectivity index (χ2n) is 5.95. The third-order valence-electron chi connectivity index (χ3n) is 3.35. The molecule has 0 spiro atoms. The van der Waals surface area contributed by atoms with Crippen LogP contribution in [0, 0.1) is 5.41 Å². The van der Waals surface area contributed by atoms with Gasteiger partial charge < -0.3 is 9.84 Å². The van der Waals surface area contributed by atoms with Crippen molar-refractivity contribution in [1.29, 1.82) is 0 Å². The van der Waals surface area contributed by atoms with E-state index in [9.17, 15) is 9.90 Å². The fourth-order valence-electron chi connectivity index (χ4n) is 2.10. The van der Waals surface area contributed by atoms with Gasteiger partial charge in [0.15, 0.2) is 0 Å². The van der Waals surface area contributed by atoms with Crippen LogP contribution in [0.2, 0.25) is 0 Å². The number of hydrogen-bond acceptors (Lipinski definition) is 4. The maximum atomic E-state index is 11.6. The zero-order valence-electron chi connectivity index (χ0n) is 11.4. The SMILES string of the molecule is CC(C)(C)C1CC(Oc2ccncc2)(C(=O)O)CS1. The van der Waals surface area contributed by atoms with Gasteiger partial charge in [-0.1, -0.05) is 20.8 Å². The summed E-state index contributed by atoms with van der Waals surface area (Å²) in [6, 6.07) is 3.39. The van der Waals surface area contributed by atoms with Crippen LogP contribution in [0.4, 0.5) is 0 Å². The summed E-state index contributed by atoms with van der Waals surface area (Å²) >= 11 is 1.68. The van der Waals surface area contributed by atoms with E-state index >= 15 is 0 Å². The maximum absolute atomic E-state index is 11.6. The Morgan fingerprint density at radius 1 is 1.47 bits per heavy atom. The van der Waals surface area contributed by atoms with Crippen LogP contribution in [-0.2, 0) is 4.79 Å². The second kappa shape index (κ2) is 5.04. The average molecular weight is 281 g/mol. The van der Waals surface area contributed by atoms with Crippen LogP contribution in [0.3, 0.4) is 0 Å². The van der Waals surface area contributed by atoms with Crippen molar-refractivity contribution >= 4 is 17.7 Å². The zero-order valence-corrected chi connectivity index (χ0v) is 12.2. The van der Waals surface area contributed by atoms with Gasteiger partial charge in [-0.3, -0.25) is 4.98 Å². The van der Waals surface area contributed by atoms with E-state index in [0.29, 0.717) is 17.9 Å². The molecule has 5 heteroatoms. The van der Waals surface area contributed by atoms with Crippen LogP contribution >= 0.6 is 11.8 Å². The molecule has 2 heterocycles. The monoisotopic (exact) mass is 281 g/mol. The third-order valence-corrected chi connectivity index (χ3v) is 5.26. The molecule has 19 heavy (non-hydrogen) atoms. The molecule has 1 fully saturated rings. The number of ether oxygens (including phenoxy) is 1. The highest BCUT2D eigenvalue weighted by Crippen LogP contribution is 2.45. The Balaban J connectivity index is 2.20. The van der Waals surface area contributed by atoms with Crippen molar-refractivity contribution in [2.45, 2.75) is 38.0 Å². The molecule has 4 nitrogen and oxygen atoms in total. The van der Waals surface area contributed by atoms with Crippen molar-refractivity contribution in [1.82, 2.24) is 4.98 Å². The highest BCUT2D eigenvalue weighted by Gasteiger charge is 2.51. The van der Waals surface area contributed by atoms with Crippen molar-refractivity contribution < 1.29 is 14.6 Å². The van der Waals surface area contributed by atoms with E-state index in [1.807, 2.05) is 0 Å². The number of aliphatic carboxylic acids is 1. The number of nitrogens with zero attached hydrogens (tertiary/aromatic N) is 1. The molecular formula is C14H19NO3S. The number of aromatic nitrogens is 1. The predicted molar refractivity (Wildman–Crippen MR) is 75.5 cm³/mol. The van der Waals surface area contributed by atoms with Gasteiger partial charge in [-0.05, 0) is 17.5 Å². The lowest BCUT2D eigenvalue weighted by Gasteiger charge is -2.29. The summed E-state index contributed by atoms with van der Waals surface area (Å²) in [4.78, 5) is 15.6. The lowest BCUT2D eigenvalue weighted by atomic mass is 9.85. The molecule has 2 unspecified atom stereocenters. The maximum Gasteiger partial charge on any atom is 0.348 e. The first-order valence-electron chi connectivity index (χ1n) is 6.27. The highest BCUT2D eigenvalue weighted by atomic mass is 32.2. The summed E-state index contributed by atoms with van der Waals surface area (Å²) < 4.78 is 5.79. The molecule has 1 aliphatic heterocycles. The second-order valence-corrected chi connectivity index (χ2v) is 7.15. The van der Waals surface area contributed by atoms with Gasteiger partial charge in [-0.15, -0.1) is 0 Å². The molecule has 1 aliphatic rings. The fraction of sp³-hybridized carbons (Fsp3) is 0.571. The smallest absolute Gasteiger partial charge is 0.348 e. The van der Waals surface area contributed by atoms with Gasteiger partial charge in [-0.2, -0.15) is 11.8 Å². The first-order valence-corrected chi connectivity index (χ1v) is 7.32. The van der Waals surface area contributed by atoms with Gasteiger partial charge in [0.1, 0.15) is 5.75 Å². The normalized spacial score (nSPS) is 27.2. The van der Waals surface area contributed by atoms with Crippen LogP contribution in [0.5, 0.6) is 5.75 Å². The molecule has 1 aromatic rings.